The molecule has 0 amide bonds. The molecule has 0 aliphatic heterocycles. The van der Waals surface area contributed by atoms with E-state index in [4.69, 9.17) is 0 Å². The Morgan fingerprint density at radius 3 is 2.26 bits per heavy atom. The van der Waals surface area contributed by atoms with Crippen LogP contribution in [0, 0.1) is 0 Å². The third-order valence-electron chi connectivity index (χ3n) is 2.70. The van der Waals surface area contributed by atoms with E-state index in [-0.39, 0.29) is 11.6 Å². The molecule has 2 heterocycles. The Balaban J connectivity index is 0.000000408. The lowest BCUT2D eigenvalue weighted by Gasteiger charge is -2.08. The van der Waals surface area contributed by atoms with Crippen molar-refractivity contribution < 1.29 is 9.59 Å². The van der Waals surface area contributed by atoms with Gasteiger partial charge < -0.3 is 0 Å². The molecule has 2 aromatic rings. The second kappa shape index (κ2) is 5.80. The van der Waals surface area contributed by atoms with Gasteiger partial charge in [-0.1, -0.05) is 27.2 Å². The molecule has 19 heavy (non-hydrogen) atoms. The van der Waals surface area contributed by atoms with E-state index in [9.17, 15) is 9.59 Å². The summed E-state index contributed by atoms with van der Waals surface area (Å²) in [5, 5.41) is 1.80. The minimum atomic E-state index is 0.00977. The largest absolute Gasteiger partial charge is 0.288 e. The first-order chi connectivity index (χ1) is 9.13. The maximum atomic E-state index is 12.1. The zero-order valence-corrected chi connectivity index (χ0v) is 12.9. The van der Waals surface area contributed by atoms with E-state index in [1.165, 1.54) is 29.1 Å². The van der Waals surface area contributed by atoms with E-state index in [1.807, 2.05) is 13.0 Å². The van der Waals surface area contributed by atoms with Crippen LogP contribution in [-0.2, 0) is 6.42 Å². The minimum Gasteiger partial charge on any atom is -0.288 e. The quantitative estimate of drug-likeness (QED) is 0.658. The standard InChI is InChI=1S/C12H8O2S2.C3H8/c1-2-6-5-8-10(14)11-7(3-4-15-11)9(13)12(8)16-6;1-3-2/h3-5H,2H2,1H3;3H2,1-2H3. The monoisotopic (exact) mass is 292 g/mol. The molecular weight excluding hydrogens is 276 g/mol. The maximum Gasteiger partial charge on any atom is 0.205 e. The molecule has 0 atom stereocenters. The van der Waals surface area contributed by atoms with Crippen molar-refractivity contribution in [3.8, 4) is 0 Å². The number of fused-ring (bicyclic) bond motifs is 2. The highest BCUT2D eigenvalue weighted by atomic mass is 32.1. The van der Waals surface area contributed by atoms with Gasteiger partial charge in [0.25, 0.3) is 0 Å². The predicted octanol–water partition coefficient (Wildman–Crippen LogP) is 4.56. The van der Waals surface area contributed by atoms with Crippen LogP contribution in [0.2, 0.25) is 0 Å². The summed E-state index contributed by atoms with van der Waals surface area (Å²) < 4.78 is 0. The van der Waals surface area contributed by atoms with Gasteiger partial charge >= 0.3 is 0 Å². The van der Waals surface area contributed by atoms with Gasteiger partial charge in [-0.25, -0.2) is 0 Å². The molecule has 0 saturated carbocycles. The van der Waals surface area contributed by atoms with Gasteiger partial charge in [-0.3, -0.25) is 9.59 Å². The van der Waals surface area contributed by atoms with Crippen LogP contribution in [0.1, 0.15) is 62.5 Å². The average molecular weight is 292 g/mol. The lowest BCUT2D eigenvalue weighted by molar-refractivity contribution is 0.0986. The second-order valence-electron chi connectivity index (χ2n) is 4.34. The molecule has 2 aromatic heterocycles. The minimum absolute atomic E-state index is 0.00977. The number of ketones is 2. The van der Waals surface area contributed by atoms with Crippen molar-refractivity contribution in [3.63, 3.8) is 0 Å². The first kappa shape index (κ1) is 14.2. The van der Waals surface area contributed by atoms with E-state index in [0.29, 0.717) is 20.9 Å². The molecule has 0 fully saturated rings. The summed E-state index contributed by atoms with van der Waals surface area (Å²) >= 11 is 2.80. The first-order valence-corrected chi connectivity index (χ1v) is 8.13. The Hall–Kier alpha value is -1.26. The van der Waals surface area contributed by atoms with Crippen molar-refractivity contribution in [2.24, 2.45) is 0 Å². The van der Waals surface area contributed by atoms with Gasteiger partial charge in [0, 0.05) is 16.0 Å². The SMILES string of the molecule is CCC.CCc1cc2c(s1)C(=O)c1ccsc1C2=O. The van der Waals surface area contributed by atoms with Crippen LogP contribution in [0.5, 0.6) is 0 Å². The van der Waals surface area contributed by atoms with Crippen LogP contribution in [0.4, 0.5) is 0 Å². The van der Waals surface area contributed by atoms with Gasteiger partial charge in [0.2, 0.25) is 11.6 Å². The van der Waals surface area contributed by atoms with Crippen LogP contribution >= 0.6 is 22.7 Å². The lowest BCUT2D eigenvalue weighted by atomic mass is 9.96. The van der Waals surface area contributed by atoms with Crippen LogP contribution < -0.4 is 0 Å². The van der Waals surface area contributed by atoms with Gasteiger partial charge in [-0.2, -0.15) is 0 Å². The summed E-state index contributed by atoms with van der Waals surface area (Å²) in [5.41, 5.74) is 1.17. The highest BCUT2D eigenvalue weighted by molar-refractivity contribution is 7.16. The van der Waals surface area contributed by atoms with Crippen molar-refractivity contribution in [1.29, 1.82) is 0 Å². The van der Waals surface area contributed by atoms with Crippen molar-refractivity contribution in [3.05, 3.63) is 43.3 Å². The molecule has 0 N–H and O–H groups in total. The third kappa shape index (κ3) is 2.42. The fourth-order valence-corrected chi connectivity index (χ4v) is 3.75. The molecule has 1 aliphatic carbocycles. The fourth-order valence-electron chi connectivity index (χ4n) is 1.86. The molecule has 0 bridgehead atoms. The molecule has 3 rings (SSSR count). The Kier molecular flexibility index (Phi) is 4.32. The molecule has 2 nitrogen and oxygen atoms in total. The summed E-state index contributed by atoms with van der Waals surface area (Å²) in [5.74, 6) is 0.0195. The van der Waals surface area contributed by atoms with E-state index in [1.54, 1.807) is 11.4 Å². The number of aryl methyl sites for hydroxylation is 1. The van der Waals surface area contributed by atoms with E-state index >= 15 is 0 Å². The zero-order chi connectivity index (χ0) is 14.0. The highest BCUT2D eigenvalue weighted by Gasteiger charge is 2.32. The topological polar surface area (TPSA) is 34.1 Å². The smallest absolute Gasteiger partial charge is 0.205 e. The summed E-state index contributed by atoms with van der Waals surface area (Å²) in [7, 11) is 0. The summed E-state index contributed by atoms with van der Waals surface area (Å²) in [6, 6.07) is 3.61. The van der Waals surface area contributed by atoms with Gasteiger partial charge in [-0.15, -0.1) is 22.7 Å². The number of carbonyl (C=O) groups is 2. The molecule has 0 spiro atoms. The van der Waals surface area contributed by atoms with Gasteiger partial charge in [0.15, 0.2) is 0 Å². The lowest BCUT2D eigenvalue weighted by Crippen LogP contribution is -2.15. The second-order valence-corrected chi connectivity index (χ2v) is 6.39. The highest BCUT2D eigenvalue weighted by Crippen LogP contribution is 2.35. The molecule has 0 saturated heterocycles. The zero-order valence-electron chi connectivity index (χ0n) is 11.3. The van der Waals surface area contributed by atoms with E-state index < -0.39 is 0 Å². The van der Waals surface area contributed by atoms with Crippen molar-refractivity contribution in [2.75, 3.05) is 0 Å². The number of rotatable bonds is 1. The molecule has 0 aromatic carbocycles. The molecule has 100 valence electrons. The Morgan fingerprint density at radius 2 is 1.63 bits per heavy atom. The Labute approximate surface area is 121 Å². The normalized spacial score (nSPS) is 12.6. The van der Waals surface area contributed by atoms with Crippen molar-refractivity contribution >= 4 is 34.2 Å². The number of hydrogen-bond donors (Lipinski definition) is 0. The number of carbonyl (C=O) groups excluding carboxylic acids is 2. The molecule has 4 heteroatoms. The third-order valence-corrected chi connectivity index (χ3v) is 4.89. The molecular formula is C15H16O2S2. The first-order valence-electron chi connectivity index (χ1n) is 6.43. The Morgan fingerprint density at radius 1 is 1.00 bits per heavy atom. The van der Waals surface area contributed by atoms with E-state index in [0.717, 1.165) is 11.3 Å². The fraction of sp³-hybridized carbons (Fsp3) is 0.333. The maximum absolute atomic E-state index is 12.1. The molecule has 1 aliphatic rings. The van der Waals surface area contributed by atoms with Gasteiger partial charge in [0.1, 0.15) is 0 Å². The number of hydrogen-bond acceptors (Lipinski definition) is 4. The van der Waals surface area contributed by atoms with Crippen LogP contribution in [0.3, 0.4) is 0 Å². The summed E-state index contributed by atoms with van der Waals surface area (Å²) in [4.78, 5) is 26.5. The predicted molar refractivity (Wildman–Crippen MR) is 80.8 cm³/mol. The van der Waals surface area contributed by atoms with Gasteiger partial charge in [0.05, 0.1) is 9.75 Å². The van der Waals surface area contributed by atoms with Crippen LogP contribution in [-0.4, -0.2) is 11.6 Å². The Bertz CT molecular complexity index is 572. The van der Waals surface area contributed by atoms with E-state index in [2.05, 4.69) is 13.8 Å². The van der Waals surface area contributed by atoms with Gasteiger partial charge in [-0.05, 0) is 23.9 Å². The summed E-state index contributed by atoms with van der Waals surface area (Å²) in [6.07, 6.45) is 2.12. The van der Waals surface area contributed by atoms with Crippen molar-refractivity contribution in [1.82, 2.24) is 0 Å². The molecule has 0 radical (unpaired) electrons. The average Bonchev–Trinajstić information content (AvgIpc) is 3.04. The number of thiophene rings is 2. The van der Waals surface area contributed by atoms with Crippen LogP contribution in [0.25, 0.3) is 0 Å². The summed E-state index contributed by atoms with van der Waals surface area (Å²) in [6.45, 7) is 6.28. The van der Waals surface area contributed by atoms with Crippen molar-refractivity contribution in [2.45, 2.75) is 33.6 Å². The molecule has 0 unspecified atom stereocenters. The van der Waals surface area contributed by atoms with Crippen LogP contribution in [0.15, 0.2) is 17.5 Å².